The van der Waals surface area contributed by atoms with Crippen LogP contribution in [0.1, 0.15) is 101 Å². The van der Waals surface area contributed by atoms with E-state index < -0.39 is 0 Å². The van der Waals surface area contributed by atoms with Gasteiger partial charge in [-0.3, -0.25) is 0 Å². The molecule has 136 valence electrons. The highest BCUT2D eigenvalue weighted by Crippen LogP contribution is 2.38. The van der Waals surface area contributed by atoms with Gasteiger partial charge in [0.25, 0.3) is 0 Å². The fraction of sp³-hybridized carbons (Fsp3) is 0.583. The first-order valence-electron chi connectivity index (χ1n) is 9.79. The zero-order chi connectivity index (χ0) is 19.2. The summed E-state index contributed by atoms with van der Waals surface area (Å²) in [5, 5.41) is 2.94. The second kappa shape index (κ2) is 9.87. The second-order valence-corrected chi connectivity index (χ2v) is 6.87. The number of rotatable bonds is 2. The number of hydrogen-bond acceptors (Lipinski definition) is 0. The Morgan fingerprint density at radius 2 is 0.792 bits per heavy atom. The Hall–Kier alpha value is -1.30. The number of hydrogen-bond donors (Lipinski definition) is 0. The van der Waals surface area contributed by atoms with Crippen molar-refractivity contribution in [1.82, 2.24) is 0 Å². The fourth-order valence-corrected chi connectivity index (χ4v) is 3.56. The van der Waals surface area contributed by atoms with Crippen LogP contribution in [0.5, 0.6) is 0 Å². The normalized spacial score (nSPS) is 10.4. The molecule has 0 saturated heterocycles. The lowest BCUT2D eigenvalue weighted by Gasteiger charge is -2.23. The lowest BCUT2D eigenvalue weighted by atomic mass is 9.81. The van der Waals surface area contributed by atoms with E-state index >= 15 is 0 Å². The Balaban J connectivity index is 0.00000123. The van der Waals surface area contributed by atoms with Gasteiger partial charge in [0, 0.05) is 0 Å². The van der Waals surface area contributed by atoms with Gasteiger partial charge >= 0.3 is 0 Å². The van der Waals surface area contributed by atoms with Gasteiger partial charge in [0.15, 0.2) is 0 Å². The van der Waals surface area contributed by atoms with Crippen LogP contribution in [0.15, 0.2) is 12.1 Å². The summed E-state index contributed by atoms with van der Waals surface area (Å²) in [6.07, 6.45) is 0. The van der Waals surface area contributed by atoms with E-state index in [1.165, 1.54) is 44.2 Å². The summed E-state index contributed by atoms with van der Waals surface area (Å²) < 4.78 is 0. The molecule has 0 unspecified atom stereocenters. The predicted octanol–water partition coefficient (Wildman–Crippen LogP) is 8.37. The van der Waals surface area contributed by atoms with Crippen molar-refractivity contribution < 1.29 is 0 Å². The van der Waals surface area contributed by atoms with Crippen molar-refractivity contribution in [3.8, 4) is 0 Å². The molecule has 0 radical (unpaired) electrons. The average Bonchev–Trinajstić information content (AvgIpc) is 2.54. The van der Waals surface area contributed by atoms with Crippen LogP contribution < -0.4 is 0 Å². The molecule has 0 heterocycles. The van der Waals surface area contributed by atoms with Crippen LogP contribution in [-0.2, 0) is 0 Å². The highest BCUT2D eigenvalue weighted by molar-refractivity contribution is 5.93. The van der Waals surface area contributed by atoms with Crippen molar-refractivity contribution in [3.05, 3.63) is 45.5 Å². The Morgan fingerprint density at radius 3 is 1.00 bits per heavy atom. The molecular weight excluding hydrogens is 288 g/mol. The fourth-order valence-electron chi connectivity index (χ4n) is 3.56. The van der Waals surface area contributed by atoms with E-state index in [9.17, 15) is 0 Å². The topological polar surface area (TPSA) is 0 Å². The molecule has 0 aliphatic heterocycles. The summed E-state index contributed by atoms with van der Waals surface area (Å²) >= 11 is 0. The van der Waals surface area contributed by atoms with Gasteiger partial charge in [-0.2, -0.15) is 0 Å². The third kappa shape index (κ3) is 4.41. The molecule has 0 aromatic heterocycles. The molecule has 0 saturated carbocycles. The number of benzene rings is 2. The van der Waals surface area contributed by atoms with Crippen molar-refractivity contribution in [3.63, 3.8) is 0 Å². The minimum Gasteiger partial charge on any atom is -0.0683 e. The van der Waals surface area contributed by atoms with E-state index in [0.717, 1.165) is 0 Å². The summed E-state index contributed by atoms with van der Waals surface area (Å²) in [5.74, 6) is 1.14. The van der Waals surface area contributed by atoms with E-state index in [4.69, 9.17) is 0 Å². The first-order chi connectivity index (χ1) is 11.3. The van der Waals surface area contributed by atoms with Crippen molar-refractivity contribution in [2.45, 2.75) is 94.9 Å². The molecule has 0 N–H and O–H groups in total. The second-order valence-electron chi connectivity index (χ2n) is 6.87. The van der Waals surface area contributed by atoms with Gasteiger partial charge in [0.05, 0.1) is 0 Å². The quantitative estimate of drug-likeness (QED) is 0.519. The summed E-state index contributed by atoms with van der Waals surface area (Å²) in [5.41, 5.74) is 8.84. The van der Waals surface area contributed by atoms with Gasteiger partial charge < -0.3 is 0 Å². The molecule has 0 aliphatic carbocycles. The smallest absolute Gasteiger partial charge is 0.0141 e. The van der Waals surface area contributed by atoms with Crippen molar-refractivity contribution in [1.29, 1.82) is 0 Å². The van der Waals surface area contributed by atoms with E-state index in [-0.39, 0.29) is 0 Å². The van der Waals surface area contributed by atoms with Gasteiger partial charge in [-0.15, -0.1) is 0 Å². The van der Waals surface area contributed by atoms with E-state index in [1.54, 1.807) is 0 Å². The Kier molecular flexibility index (Phi) is 9.33. The maximum atomic E-state index is 2.40. The van der Waals surface area contributed by atoms with Crippen LogP contribution in [0, 0.1) is 27.7 Å². The van der Waals surface area contributed by atoms with Crippen LogP contribution >= 0.6 is 0 Å². The third-order valence-electron chi connectivity index (χ3n) is 4.74. The van der Waals surface area contributed by atoms with E-state index in [0.29, 0.717) is 11.8 Å². The van der Waals surface area contributed by atoms with Crippen LogP contribution in [0.25, 0.3) is 10.8 Å². The van der Waals surface area contributed by atoms with Gasteiger partial charge in [-0.1, -0.05) is 67.5 Å². The summed E-state index contributed by atoms with van der Waals surface area (Å²) in [7, 11) is 0. The van der Waals surface area contributed by atoms with Crippen LogP contribution in [0.3, 0.4) is 0 Å². The molecule has 0 fully saturated rings. The van der Waals surface area contributed by atoms with Crippen molar-refractivity contribution >= 4 is 10.8 Å². The zero-order valence-corrected chi connectivity index (χ0v) is 18.3. The third-order valence-corrected chi connectivity index (χ3v) is 4.74. The first-order valence-corrected chi connectivity index (χ1v) is 9.79. The molecule has 2 rings (SSSR count). The molecule has 0 amide bonds. The lowest BCUT2D eigenvalue weighted by Crippen LogP contribution is -2.04. The molecule has 24 heavy (non-hydrogen) atoms. The van der Waals surface area contributed by atoms with Crippen LogP contribution in [0.4, 0.5) is 0 Å². The molecule has 0 aliphatic rings. The summed E-state index contributed by atoms with van der Waals surface area (Å²) in [6, 6.07) is 4.80. The summed E-state index contributed by atoms with van der Waals surface area (Å²) in [6.45, 7) is 26.3. The van der Waals surface area contributed by atoms with E-state index in [2.05, 4.69) is 67.5 Å². The number of fused-ring (bicyclic) bond motifs is 1. The molecule has 2 aromatic carbocycles. The van der Waals surface area contributed by atoms with Gasteiger partial charge in [-0.25, -0.2) is 0 Å². The highest BCUT2D eigenvalue weighted by atomic mass is 14.2. The van der Waals surface area contributed by atoms with E-state index in [1.807, 2.05) is 27.7 Å². The maximum absolute atomic E-state index is 2.40. The molecule has 0 nitrogen and oxygen atoms in total. The lowest BCUT2D eigenvalue weighted by molar-refractivity contribution is 0.840. The van der Waals surface area contributed by atoms with Crippen molar-refractivity contribution in [2.75, 3.05) is 0 Å². The predicted molar refractivity (Wildman–Crippen MR) is 114 cm³/mol. The van der Waals surface area contributed by atoms with Crippen LogP contribution in [0.2, 0.25) is 0 Å². The van der Waals surface area contributed by atoms with Gasteiger partial charge in [0.2, 0.25) is 0 Å². The highest BCUT2D eigenvalue weighted by Gasteiger charge is 2.18. The molecular formula is C24H40. The largest absolute Gasteiger partial charge is 0.0683 e. The minimum atomic E-state index is 0.569. The maximum Gasteiger partial charge on any atom is -0.0141 e. The monoisotopic (exact) mass is 328 g/mol. The van der Waals surface area contributed by atoms with Crippen LogP contribution in [-0.4, -0.2) is 0 Å². The Bertz CT molecular complexity index is 599. The zero-order valence-electron chi connectivity index (χ0n) is 18.3. The first kappa shape index (κ1) is 22.7. The molecule has 0 heteroatoms. The Labute approximate surface area is 151 Å². The summed E-state index contributed by atoms with van der Waals surface area (Å²) in [4.78, 5) is 0. The molecule has 0 atom stereocenters. The Morgan fingerprint density at radius 1 is 0.542 bits per heavy atom. The molecule has 0 bridgehead atoms. The number of aryl methyl sites for hydroxylation is 2. The van der Waals surface area contributed by atoms with Gasteiger partial charge in [-0.05, 0) is 83.7 Å². The molecule has 0 spiro atoms. The molecule has 2 aromatic rings. The van der Waals surface area contributed by atoms with Gasteiger partial charge in [0.1, 0.15) is 0 Å². The minimum absolute atomic E-state index is 0.569. The SMILES string of the molecule is CC.CC.Cc1cc2c(C(C)C)c(C)c(C)c(C(C)C)c2cc1C. The standard InChI is InChI=1S/C20H28.2C2H6/c1-11(2)19-15(7)16(8)20(12(3)4)18-10-14(6)13(5)9-17(18)19;2*1-2/h9-12H,1-8H3;2*1-2H3. The van der Waals surface area contributed by atoms with Crippen molar-refractivity contribution in [2.24, 2.45) is 0 Å². The average molecular weight is 329 g/mol.